The van der Waals surface area contributed by atoms with Gasteiger partial charge in [0.05, 0.1) is 6.10 Å². The average molecular weight is 302 g/mol. The molecule has 2 rings (SSSR count). The summed E-state index contributed by atoms with van der Waals surface area (Å²) >= 11 is 0. The predicted molar refractivity (Wildman–Crippen MR) is 91.4 cm³/mol. The molecule has 122 valence electrons. The fourth-order valence-corrected chi connectivity index (χ4v) is 4.15. The smallest absolute Gasteiger partial charge is 0.146 e. The van der Waals surface area contributed by atoms with Crippen LogP contribution in [-0.2, 0) is 4.79 Å². The Bertz CT molecular complexity index is 494. The zero-order valence-corrected chi connectivity index (χ0v) is 14.4. The van der Waals surface area contributed by atoms with E-state index in [1.807, 2.05) is 0 Å². The second-order valence-electron chi connectivity index (χ2n) is 7.36. The van der Waals surface area contributed by atoms with E-state index in [0.717, 1.165) is 37.5 Å². The van der Waals surface area contributed by atoms with Gasteiger partial charge in [-0.25, -0.2) is 0 Å². The zero-order chi connectivity index (χ0) is 16.3. The molecule has 0 saturated heterocycles. The first kappa shape index (κ1) is 17.2. The van der Waals surface area contributed by atoms with Crippen molar-refractivity contribution in [1.82, 2.24) is 0 Å². The van der Waals surface area contributed by atoms with E-state index in [9.17, 15) is 9.90 Å². The summed E-state index contributed by atoms with van der Waals surface area (Å²) in [4.78, 5) is 11.4. The number of carbonyl (C=O) groups is 1. The molecule has 1 N–H and O–H groups in total. The van der Waals surface area contributed by atoms with Gasteiger partial charge in [0.1, 0.15) is 6.29 Å². The lowest BCUT2D eigenvalue weighted by Gasteiger charge is -2.33. The highest BCUT2D eigenvalue weighted by Gasteiger charge is 2.41. The number of aldehydes is 1. The summed E-state index contributed by atoms with van der Waals surface area (Å²) in [6, 6.07) is 0. The van der Waals surface area contributed by atoms with Crippen LogP contribution in [0.4, 0.5) is 0 Å². The molecule has 2 aliphatic rings. The molecule has 0 saturated carbocycles. The largest absolute Gasteiger partial charge is 0.392 e. The summed E-state index contributed by atoms with van der Waals surface area (Å²) in [7, 11) is 0. The highest BCUT2D eigenvalue weighted by molar-refractivity contribution is 5.74. The number of aliphatic hydroxyl groups excluding tert-OH is 1. The first-order valence-electron chi connectivity index (χ1n) is 8.59. The topological polar surface area (TPSA) is 37.3 Å². The van der Waals surface area contributed by atoms with E-state index in [1.54, 1.807) is 0 Å². The van der Waals surface area contributed by atoms with Crippen LogP contribution in [0.2, 0.25) is 0 Å². The van der Waals surface area contributed by atoms with Crippen LogP contribution >= 0.6 is 0 Å². The molecule has 0 amide bonds. The van der Waals surface area contributed by atoms with E-state index in [4.69, 9.17) is 0 Å². The number of fused-ring (bicyclic) bond motifs is 1. The van der Waals surface area contributed by atoms with E-state index in [1.165, 1.54) is 11.1 Å². The van der Waals surface area contributed by atoms with Crippen LogP contribution in [-0.4, -0.2) is 17.5 Å². The van der Waals surface area contributed by atoms with Gasteiger partial charge >= 0.3 is 0 Å². The molecule has 2 aliphatic carbocycles. The molecule has 5 atom stereocenters. The van der Waals surface area contributed by atoms with Gasteiger partial charge in [0.25, 0.3) is 0 Å². The molecule has 2 nitrogen and oxygen atoms in total. The molecule has 22 heavy (non-hydrogen) atoms. The van der Waals surface area contributed by atoms with Crippen LogP contribution in [0.3, 0.4) is 0 Å². The molecular weight excluding hydrogens is 272 g/mol. The molecule has 0 aromatic carbocycles. The van der Waals surface area contributed by atoms with Crippen molar-refractivity contribution in [3.8, 4) is 0 Å². The van der Waals surface area contributed by atoms with Crippen LogP contribution in [0.15, 0.2) is 34.9 Å². The number of rotatable bonds is 5. The van der Waals surface area contributed by atoms with E-state index in [-0.39, 0.29) is 23.9 Å². The van der Waals surface area contributed by atoms with Crippen molar-refractivity contribution >= 4 is 6.29 Å². The summed E-state index contributed by atoms with van der Waals surface area (Å²) in [6.45, 7) is 8.60. The maximum atomic E-state index is 11.4. The first-order valence-corrected chi connectivity index (χ1v) is 8.59. The first-order chi connectivity index (χ1) is 10.5. The third-order valence-corrected chi connectivity index (χ3v) is 5.56. The highest BCUT2D eigenvalue weighted by atomic mass is 16.3. The number of carbonyl (C=O) groups excluding carboxylic acids is 1. The fraction of sp³-hybridized carbons (Fsp3) is 0.650. The Hall–Kier alpha value is -1.15. The molecular formula is C20H30O2. The Labute approximate surface area is 135 Å². The molecule has 0 spiro atoms. The van der Waals surface area contributed by atoms with Crippen molar-refractivity contribution in [2.24, 2.45) is 23.7 Å². The summed E-state index contributed by atoms with van der Waals surface area (Å²) < 4.78 is 0. The van der Waals surface area contributed by atoms with E-state index < -0.39 is 0 Å². The lowest BCUT2D eigenvalue weighted by atomic mass is 9.75. The monoisotopic (exact) mass is 302 g/mol. The Morgan fingerprint density at radius 3 is 2.73 bits per heavy atom. The van der Waals surface area contributed by atoms with Crippen molar-refractivity contribution in [3.05, 3.63) is 34.9 Å². The van der Waals surface area contributed by atoms with E-state index >= 15 is 0 Å². The summed E-state index contributed by atoms with van der Waals surface area (Å²) in [6.07, 6.45) is 11.1. The van der Waals surface area contributed by atoms with Gasteiger partial charge in [0.15, 0.2) is 0 Å². The molecule has 0 fully saturated rings. The normalized spacial score (nSPS) is 32.4. The molecule has 0 aromatic heterocycles. The number of aliphatic hydroxyl groups is 1. The average Bonchev–Trinajstić information content (AvgIpc) is 2.77. The summed E-state index contributed by atoms with van der Waals surface area (Å²) in [5.74, 6) is 1.04. The standard InChI is InChI=1S/C20H30O2/c1-13(2)6-5-7-14(3)17-11-9-16(12-21)18-10-8-15(4)19(18)20(17)22/h6,8-9,12,14,17-20,22H,5,7,10-11H2,1-4H3/t14-,17+,18+,19-,20-/m1/s1. The summed E-state index contributed by atoms with van der Waals surface area (Å²) in [5.41, 5.74) is 3.51. The maximum absolute atomic E-state index is 11.4. The van der Waals surface area contributed by atoms with Crippen molar-refractivity contribution in [3.63, 3.8) is 0 Å². The van der Waals surface area contributed by atoms with Crippen LogP contribution < -0.4 is 0 Å². The van der Waals surface area contributed by atoms with Gasteiger partial charge in [0.2, 0.25) is 0 Å². The fourth-order valence-electron chi connectivity index (χ4n) is 4.15. The molecule has 0 aliphatic heterocycles. The Kier molecular flexibility index (Phi) is 5.80. The lowest BCUT2D eigenvalue weighted by molar-refractivity contribution is -0.105. The Morgan fingerprint density at radius 1 is 1.36 bits per heavy atom. The predicted octanol–water partition coefficient (Wildman–Crippen LogP) is 4.46. The van der Waals surface area contributed by atoms with Gasteiger partial charge in [-0.15, -0.1) is 0 Å². The molecule has 2 heteroatoms. The molecule has 0 aromatic rings. The van der Waals surface area contributed by atoms with Gasteiger partial charge < -0.3 is 5.11 Å². The van der Waals surface area contributed by atoms with E-state index in [0.29, 0.717) is 5.92 Å². The molecule has 0 heterocycles. The molecule has 0 unspecified atom stereocenters. The number of allylic oxidation sites excluding steroid dienone is 5. The minimum absolute atomic E-state index is 0.134. The SMILES string of the molecule is CC(C)=CCC[C@@H](C)[C@@H]1CC=C(C=O)[C@@H]2CC=C(C)[C@H]2[C@@H]1O. The van der Waals surface area contributed by atoms with Gasteiger partial charge in [-0.1, -0.05) is 36.3 Å². The van der Waals surface area contributed by atoms with Crippen molar-refractivity contribution in [1.29, 1.82) is 0 Å². The van der Waals surface area contributed by atoms with Crippen molar-refractivity contribution < 1.29 is 9.90 Å². The highest BCUT2D eigenvalue weighted by Crippen LogP contribution is 2.45. The van der Waals surface area contributed by atoms with Crippen molar-refractivity contribution in [2.45, 2.75) is 59.5 Å². The van der Waals surface area contributed by atoms with Crippen LogP contribution in [0.1, 0.15) is 53.4 Å². The second-order valence-corrected chi connectivity index (χ2v) is 7.36. The van der Waals surface area contributed by atoms with Crippen LogP contribution in [0, 0.1) is 23.7 Å². The van der Waals surface area contributed by atoms with E-state index in [2.05, 4.69) is 45.9 Å². The maximum Gasteiger partial charge on any atom is 0.146 e. The quantitative estimate of drug-likeness (QED) is 0.601. The van der Waals surface area contributed by atoms with Gasteiger partial charge in [0, 0.05) is 5.92 Å². The van der Waals surface area contributed by atoms with Gasteiger partial charge in [-0.3, -0.25) is 4.79 Å². The van der Waals surface area contributed by atoms with Gasteiger partial charge in [-0.2, -0.15) is 0 Å². The minimum Gasteiger partial charge on any atom is -0.392 e. The second kappa shape index (κ2) is 7.41. The molecule has 0 bridgehead atoms. The van der Waals surface area contributed by atoms with Crippen LogP contribution in [0.25, 0.3) is 0 Å². The number of hydrogen-bond donors (Lipinski definition) is 1. The summed E-state index contributed by atoms with van der Waals surface area (Å²) in [5, 5.41) is 11.0. The zero-order valence-electron chi connectivity index (χ0n) is 14.4. The third-order valence-electron chi connectivity index (χ3n) is 5.56. The Balaban J connectivity index is 2.14. The lowest BCUT2D eigenvalue weighted by Crippen LogP contribution is -2.35. The van der Waals surface area contributed by atoms with Crippen molar-refractivity contribution in [2.75, 3.05) is 0 Å². The molecule has 0 radical (unpaired) electrons. The third kappa shape index (κ3) is 3.60. The number of hydrogen-bond acceptors (Lipinski definition) is 2. The van der Waals surface area contributed by atoms with Crippen LogP contribution in [0.5, 0.6) is 0 Å². The van der Waals surface area contributed by atoms with Gasteiger partial charge in [-0.05, 0) is 69.8 Å². The minimum atomic E-state index is -0.334. The Morgan fingerprint density at radius 2 is 2.09 bits per heavy atom.